The van der Waals surface area contributed by atoms with Gasteiger partial charge in [-0.1, -0.05) is 0 Å². The summed E-state index contributed by atoms with van der Waals surface area (Å²) >= 11 is 0. The molecular weight excluding hydrogens is 305 g/mol. The Morgan fingerprint density at radius 1 is 1.23 bits per heavy atom. The fourth-order valence-corrected chi connectivity index (χ4v) is 2.30. The van der Waals surface area contributed by atoms with Crippen LogP contribution in [0.2, 0.25) is 0 Å². The molecule has 122 valence electrons. The number of nitrogens with zero attached hydrogens (tertiary/aromatic N) is 1. The SMILES string of the molecule is CCOC1(OCC)C(=O)N(N)c2ccc(OC(F)(F)F)cc21. The fraction of sp³-hybridized carbons (Fsp3) is 0.462. The van der Waals surface area contributed by atoms with Gasteiger partial charge in [-0.3, -0.25) is 4.79 Å². The molecule has 1 aromatic rings. The monoisotopic (exact) mass is 320 g/mol. The van der Waals surface area contributed by atoms with Crippen molar-refractivity contribution < 1.29 is 32.2 Å². The zero-order chi connectivity index (χ0) is 16.5. The van der Waals surface area contributed by atoms with Crippen LogP contribution >= 0.6 is 0 Å². The quantitative estimate of drug-likeness (QED) is 0.510. The van der Waals surface area contributed by atoms with Crippen molar-refractivity contribution in [3.8, 4) is 5.75 Å². The summed E-state index contributed by atoms with van der Waals surface area (Å²) in [6.45, 7) is 3.46. The van der Waals surface area contributed by atoms with Crippen LogP contribution in [0.5, 0.6) is 5.75 Å². The molecule has 0 aromatic heterocycles. The first-order valence-corrected chi connectivity index (χ1v) is 6.52. The molecule has 1 aliphatic heterocycles. The van der Waals surface area contributed by atoms with E-state index in [9.17, 15) is 18.0 Å². The number of carbonyl (C=O) groups excluding carboxylic acids is 1. The third-order valence-electron chi connectivity index (χ3n) is 3.01. The van der Waals surface area contributed by atoms with Crippen LogP contribution in [0.4, 0.5) is 18.9 Å². The van der Waals surface area contributed by atoms with E-state index in [2.05, 4.69) is 4.74 Å². The number of benzene rings is 1. The van der Waals surface area contributed by atoms with Gasteiger partial charge in [-0.25, -0.2) is 10.9 Å². The molecule has 0 unspecified atom stereocenters. The number of hydrogen-bond acceptors (Lipinski definition) is 5. The molecule has 0 saturated heterocycles. The van der Waals surface area contributed by atoms with Gasteiger partial charge in [0.25, 0.3) is 5.79 Å². The average Bonchev–Trinajstić information content (AvgIpc) is 2.61. The Kier molecular flexibility index (Phi) is 4.32. The molecule has 1 aromatic carbocycles. The molecule has 0 radical (unpaired) electrons. The molecule has 0 saturated carbocycles. The molecule has 2 rings (SSSR count). The molecule has 1 amide bonds. The summed E-state index contributed by atoms with van der Waals surface area (Å²) in [6.07, 6.45) is -4.85. The highest BCUT2D eigenvalue weighted by molar-refractivity contribution is 6.05. The highest BCUT2D eigenvalue weighted by atomic mass is 19.4. The molecule has 2 N–H and O–H groups in total. The molecule has 0 bridgehead atoms. The first-order chi connectivity index (χ1) is 10.2. The van der Waals surface area contributed by atoms with Gasteiger partial charge in [-0.05, 0) is 32.0 Å². The van der Waals surface area contributed by atoms with E-state index >= 15 is 0 Å². The minimum absolute atomic E-state index is 0.0745. The van der Waals surface area contributed by atoms with Gasteiger partial charge in [0.15, 0.2) is 0 Å². The van der Waals surface area contributed by atoms with Crippen molar-refractivity contribution >= 4 is 11.6 Å². The second-order valence-electron chi connectivity index (χ2n) is 4.38. The Morgan fingerprint density at radius 2 is 1.82 bits per heavy atom. The molecule has 0 atom stereocenters. The number of rotatable bonds is 5. The number of amides is 1. The number of halogens is 3. The standard InChI is InChI=1S/C13H15F3N2O4/c1-3-20-12(21-4-2)9-7-8(22-13(14,15)16)5-6-10(9)18(17)11(12)19/h5-7H,3-4,17H2,1-2H3. The molecule has 6 nitrogen and oxygen atoms in total. The lowest BCUT2D eigenvalue weighted by atomic mass is 10.1. The normalized spacial score (nSPS) is 16.8. The number of nitrogens with two attached hydrogens (primary N) is 1. The number of ether oxygens (including phenoxy) is 3. The van der Waals surface area contributed by atoms with Crippen LogP contribution in [0.1, 0.15) is 19.4 Å². The third-order valence-corrected chi connectivity index (χ3v) is 3.01. The minimum atomic E-state index is -4.85. The van der Waals surface area contributed by atoms with E-state index < -0.39 is 23.8 Å². The number of fused-ring (bicyclic) bond motifs is 1. The second-order valence-corrected chi connectivity index (χ2v) is 4.38. The maximum Gasteiger partial charge on any atom is 0.573 e. The lowest BCUT2D eigenvalue weighted by molar-refractivity contribution is -0.274. The predicted octanol–water partition coefficient (Wildman–Crippen LogP) is 2.03. The zero-order valence-electron chi connectivity index (χ0n) is 11.9. The largest absolute Gasteiger partial charge is 0.573 e. The Morgan fingerprint density at radius 3 is 2.32 bits per heavy atom. The van der Waals surface area contributed by atoms with Gasteiger partial charge < -0.3 is 14.2 Å². The molecule has 0 fully saturated rings. The Bertz CT molecular complexity index is 571. The van der Waals surface area contributed by atoms with E-state index in [4.69, 9.17) is 15.3 Å². The highest BCUT2D eigenvalue weighted by Crippen LogP contribution is 2.44. The van der Waals surface area contributed by atoms with Gasteiger partial charge in [0, 0.05) is 13.2 Å². The van der Waals surface area contributed by atoms with Crippen LogP contribution in [-0.2, 0) is 20.1 Å². The lowest BCUT2D eigenvalue weighted by Gasteiger charge is -2.27. The zero-order valence-corrected chi connectivity index (χ0v) is 11.9. The van der Waals surface area contributed by atoms with Crippen LogP contribution < -0.4 is 15.6 Å². The van der Waals surface area contributed by atoms with E-state index in [1.54, 1.807) is 13.8 Å². The van der Waals surface area contributed by atoms with Crippen molar-refractivity contribution in [3.05, 3.63) is 23.8 Å². The summed E-state index contributed by atoms with van der Waals surface area (Å²) in [4.78, 5) is 12.3. The Labute approximate surface area is 124 Å². The number of anilines is 1. The van der Waals surface area contributed by atoms with Crippen molar-refractivity contribution in [2.24, 2.45) is 5.84 Å². The maximum atomic E-state index is 12.3. The van der Waals surface area contributed by atoms with Crippen molar-refractivity contribution in [1.29, 1.82) is 0 Å². The van der Waals surface area contributed by atoms with Crippen molar-refractivity contribution in [1.82, 2.24) is 0 Å². The van der Waals surface area contributed by atoms with Crippen molar-refractivity contribution in [3.63, 3.8) is 0 Å². The van der Waals surface area contributed by atoms with Crippen LogP contribution in [0.25, 0.3) is 0 Å². The topological polar surface area (TPSA) is 74.0 Å². The molecule has 9 heteroatoms. The average molecular weight is 320 g/mol. The van der Waals surface area contributed by atoms with Gasteiger partial charge in [0.05, 0.1) is 11.3 Å². The highest BCUT2D eigenvalue weighted by Gasteiger charge is 2.53. The summed E-state index contributed by atoms with van der Waals surface area (Å²) in [5, 5.41) is 0.790. The van der Waals surface area contributed by atoms with E-state index in [0.717, 1.165) is 17.1 Å². The summed E-state index contributed by atoms with van der Waals surface area (Å²) in [5.41, 5.74) is 0.270. The molecule has 0 aliphatic carbocycles. The first kappa shape index (κ1) is 16.5. The van der Waals surface area contributed by atoms with Crippen LogP contribution in [0, 0.1) is 0 Å². The fourth-order valence-electron chi connectivity index (χ4n) is 2.30. The van der Waals surface area contributed by atoms with E-state index in [1.807, 2.05) is 0 Å². The molecule has 0 spiro atoms. The Balaban J connectivity index is 2.52. The lowest BCUT2D eigenvalue weighted by Crippen LogP contribution is -2.47. The van der Waals surface area contributed by atoms with Gasteiger partial charge in [0.2, 0.25) is 0 Å². The van der Waals surface area contributed by atoms with Gasteiger partial charge >= 0.3 is 12.3 Å². The summed E-state index contributed by atoms with van der Waals surface area (Å²) < 4.78 is 51.7. The molecular formula is C13H15F3N2O4. The summed E-state index contributed by atoms with van der Waals surface area (Å²) in [6, 6.07) is 3.35. The minimum Gasteiger partial charge on any atom is -0.406 e. The summed E-state index contributed by atoms with van der Waals surface area (Å²) in [5.74, 6) is 2.60. The van der Waals surface area contributed by atoms with E-state index in [-0.39, 0.29) is 24.5 Å². The van der Waals surface area contributed by atoms with Crippen LogP contribution in [0.15, 0.2) is 18.2 Å². The van der Waals surface area contributed by atoms with E-state index in [0.29, 0.717) is 0 Å². The van der Waals surface area contributed by atoms with Crippen molar-refractivity contribution in [2.45, 2.75) is 26.0 Å². The number of carbonyl (C=O) groups is 1. The Hall–Kier alpha value is -1.84. The number of alkyl halides is 3. The molecule has 1 heterocycles. The van der Waals surface area contributed by atoms with E-state index in [1.165, 1.54) is 6.07 Å². The summed E-state index contributed by atoms with van der Waals surface area (Å²) in [7, 11) is 0. The van der Waals surface area contributed by atoms with Gasteiger partial charge in [-0.2, -0.15) is 0 Å². The van der Waals surface area contributed by atoms with Crippen molar-refractivity contribution in [2.75, 3.05) is 18.2 Å². The van der Waals surface area contributed by atoms with Gasteiger partial charge in [-0.15, -0.1) is 13.2 Å². The first-order valence-electron chi connectivity index (χ1n) is 6.52. The number of hydrogen-bond donors (Lipinski definition) is 1. The van der Waals surface area contributed by atoms with Crippen LogP contribution in [-0.4, -0.2) is 25.5 Å². The van der Waals surface area contributed by atoms with Crippen LogP contribution in [0.3, 0.4) is 0 Å². The third kappa shape index (κ3) is 2.74. The van der Waals surface area contributed by atoms with Gasteiger partial charge in [0.1, 0.15) is 5.75 Å². The molecule has 1 aliphatic rings. The number of hydrazine groups is 1. The second kappa shape index (κ2) is 5.75. The smallest absolute Gasteiger partial charge is 0.406 e. The molecule has 22 heavy (non-hydrogen) atoms. The maximum absolute atomic E-state index is 12.3. The predicted molar refractivity (Wildman–Crippen MR) is 69.7 cm³/mol.